The van der Waals surface area contributed by atoms with Crippen LogP contribution in [-0.2, 0) is 7.05 Å². The third-order valence-electron chi connectivity index (χ3n) is 3.58. The molecule has 108 valence electrons. The van der Waals surface area contributed by atoms with E-state index in [0.29, 0.717) is 11.8 Å². The van der Waals surface area contributed by atoms with Gasteiger partial charge >= 0.3 is 0 Å². The Labute approximate surface area is 123 Å². The second kappa shape index (κ2) is 5.16. The molecule has 3 aromatic rings. The first-order chi connectivity index (χ1) is 10.1. The predicted octanol–water partition coefficient (Wildman–Crippen LogP) is 3.59. The van der Waals surface area contributed by atoms with Gasteiger partial charge in [0.25, 0.3) is 0 Å². The van der Waals surface area contributed by atoms with Gasteiger partial charge in [0.1, 0.15) is 17.5 Å². The fraction of sp³-hybridized carbons (Fsp3) is 0.312. The first kappa shape index (κ1) is 13.5. The van der Waals surface area contributed by atoms with Gasteiger partial charge in [-0.25, -0.2) is 9.97 Å². The lowest BCUT2D eigenvalue weighted by molar-refractivity contribution is 0.463. The van der Waals surface area contributed by atoms with E-state index in [4.69, 9.17) is 4.74 Å². The number of nitrogens with zero attached hydrogens (tertiary/aromatic N) is 4. The van der Waals surface area contributed by atoms with E-state index in [2.05, 4.69) is 47.1 Å². The van der Waals surface area contributed by atoms with Crippen molar-refractivity contribution in [1.82, 2.24) is 19.7 Å². The summed E-state index contributed by atoms with van der Waals surface area (Å²) < 4.78 is 7.73. The molecule has 2 heterocycles. The lowest BCUT2D eigenvalue weighted by atomic mass is 10.0. The van der Waals surface area contributed by atoms with Gasteiger partial charge in [0.2, 0.25) is 5.88 Å². The summed E-state index contributed by atoms with van der Waals surface area (Å²) in [4.78, 5) is 8.47. The Morgan fingerprint density at radius 2 is 2.00 bits per heavy atom. The van der Waals surface area contributed by atoms with Crippen molar-refractivity contribution in [2.45, 2.75) is 26.7 Å². The van der Waals surface area contributed by atoms with Crippen LogP contribution in [-0.4, -0.2) is 19.7 Å². The smallest absolute Gasteiger partial charge is 0.233 e. The second-order valence-corrected chi connectivity index (χ2v) is 5.47. The van der Waals surface area contributed by atoms with Crippen LogP contribution in [0, 0.1) is 6.92 Å². The number of benzene rings is 1. The summed E-state index contributed by atoms with van der Waals surface area (Å²) in [6.07, 6.45) is 3.23. The van der Waals surface area contributed by atoms with Crippen LogP contribution in [0.5, 0.6) is 11.6 Å². The molecule has 0 spiro atoms. The highest BCUT2D eigenvalue weighted by atomic mass is 16.5. The van der Waals surface area contributed by atoms with Crippen LogP contribution in [0.1, 0.15) is 30.9 Å². The fourth-order valence-corrected chi connectivity index (χ4v) is 2.21. The quantitative estimate of drug-likeness (QED) is 0.736. The number of hydrogen-bond donors (Lipinski definition) is 0. The summed E-state index contributed by atoms with van der Waals surface area (Å²) >= 11 is 0. The topological polar surface area (TPSA) is 52.8 Å². The molecule has 0 bridgehead atoms. The van der Waals surface area contributed by atoms with Crippen molar-refractivity contribution < 1.29 is 4.74 Å². The van der Waals surface area contributed by atoms with Crippen LogP contribution in [0.15, 0.2) is 30.7 Å². The van der Waals surface area contributed by atoms with E-state index < -0.39 is 0 Å². The van der Waals surface area contributed by atoms with Crippen LogP contribution in [0.2, 0.25) is 0 Å². The summed E-state index contributed by atoms with van der Waals surface area (Å²) in [7, 11) is 1.85. The minimum Gasteiger partial charge on any atom is -0.438 e. The fourth-order valence-electron chi connectivity index (χ4n) is 2.21. The molecule has 0 aliphatic rings. The van der Waals surface area contributed by atoms with Crippen LogP contribution in [0.3, 0.4) is 0 Å². The average Bonchev–Trinajstić information content (AvgIpc) is 2.84. The average molecular weight is 282 g/mol. The first-order valence-corrected chi connectivity index (χ1v) is 6.97. The molecule has 21 heavy (non-hydrogen) atoms. The van der Waals surface area contributed by atoms with Gasteiger partial charge in [0, 0.05) is 7.05 Å². The maximum atomic E-state index is 6.02. The summed E-state index contributed by atoms with van der Waals surface area (Å²) in [6, 6.07) is 6.28. The van der Waals surface area contributed by atoms with E-state index in [1.54, 1.807) is 10.9 Å². The summed E-state index contributed by atoms with van der Waals surface area (Å²) in [5.41, 5.74) is 3.08. The summed E-state index contributed by atoms with van der Waals surface area (Å²) in [5, 5.41) is 5.01. The van der Waals surface area contributed by atoms with E-state index >= 15 is 0 Å². The molecule has 0 atom stereocenters. The number of hydrogen-bond acceptors (Lipinski definition) is 4. The van der Waals surface area contributed by atoms with Crippen LogP contribution < -0.4 is 4.74 Å². The molecule has 0 saturated heterocycles. The van der Waals surface area contributed by atoms with Gasteiger partial charge in [-0.15, -0.1) is 0 Å². The SMILES string of the molecule is Cc1ccc(C(C)C)cc1Oc1ncnc2c1cnn2C. The van der Waals surface area contributed by atoms with Crippen molar-refractivity contribution in [3.8, 4) is 11.6 Å². The van der Waals surface area contributed by atoms with E-state index in [-0.39, 0.29) is 0 Å². The molecule has 0 N–H and O–H groups in total. The lowest BCUT2D eigenvalue weighted by Crippen LogP contribution is -1.96. The Morgan fingerprint density at radius 1 is 1.19 bits per heavy atom. The highest BCUT2D eigenvalue weighted by molar-refractivity contribution is 5.79. The van der Waals surface area contributed by atoms with Crippen LogP contribution in [0.25, 0.3) is 11.0 Å². The molecule has 0 aliphatic heterocycles. The normalized spacial score (nSPS) is 11.3. The molecular formula is C16H18N4O. The van der Waals surface area contributed by atoms with Gasteiger partial charge in [-0.1, -0.05) is 26.0 Å². The van der Waals surface area contributed by atoms with E-state index in [0.717, 1.165) is 22.3 Å². The second-order valence-electron chi connectivity index (χ2n) is 5.47. The molecule has 5 heteroatoms. The standard InChI is InChI=1S/C16H18N4O/c1-10(2)12-6-5-11(3)14(7-12)21-16-13-8-19-20(4)15(13)17-9-18-16/h5-10H,1-4H3. The zero-order chi connectivity index (χ0) is 15.0. The molecule has 0 amide bonds. The molecule has 1 aromatic carbocycles. The molecule has 3 rings (SSSR count). The van der Waals surface area contributed by atoms with Gasteiger partial charge in [-0.05, 0) is 30.0 Å². The number of aryl methyl sites for hydroxylation is 2. The van der Waals surface area contributed by atoms with Crippen molar-refractivity contribution in [1.29, 1.82) is 0 Å². The molecule has 0 aliphatic carbocycles. The van der Waals surface area contributed by atoms with Crippen molar-refractivity contribution >= 4 is 11.0 Å². The van der Waals surface area contributed by atoms with Crippen molar-refractivity contribution in [3.63, 3.8) is 0 Å². The van der Waals surface area contributed by atoms with Gasteiger partial charge in [-0.3, -0.25) is 4.68 Å². The van der Waals surface area contributed by atoms with Crippen molar-refractivity contribution in [2.75, 3.05) is 0 Å². The van der Waals surface area contributed by atoms with Crippen molar-refractivity contribution in [3.05, 3.63) is 41.9 Å². The summed E-state index contributed by atoms with van der Waals surface area (Å²) in [6.45, 7) is 6.36. The van der Waals surface area contributed by atoms with Gasteiger partial charge in [-0.2, -0.15) is 5.10 Å². The predicted molar refractivity (Wildman–Crippen MR) is 81.6 cm³/mol. The van der Waals surface area contributed by atoms with Gasteiger partial charge in [0.05, 0.1) is 6.20 Å². The molecule has 0 fully saturated rings. The first-order valence-electron chi connectivity index (χ1n) is 6.97. The molecular weight excluding hydrogens is 264 g/mol. The van der Waals surface area contributed by atoms with E-state index in [1.165, 1.54) is 11.9 Å². The third-order valence-corrected chi connectivity index (χ3v) is 3.58. The number of fused-ring (bicyclic) bond motifs is 1. The monoisotopic (exact) mass is 282 g/mol. The highest BCUT2D eigenvalue weighted by Gasteiger charge is 2.12. The Balaban J connectivity index is 2.04. The largest absolute Gasteiger partial charge is 0.438 e. The molecule has 0 saturated carbocycles. The van der Waals surface area contributed by atoms with Gasteiger partial charge in [0.15, 0.2) is 5.65 Å². The Morgan fingerprint density at radius 3 is 2.76 bits per heavy atom. The zero-order valence-corrected chi connectivity index (χ0v) is 12.7. The molecule has 0 radical (unpaired) electrons. The minimum atomic E-state index is 0.455. The Hall–Kier alpha value is -2.43. The van der Waals surface area contributed by atoms with Crippen LogP contribution in [0.4, 0.5) is 0 Å². The highest BCUT2D eigenvalue weighted by Crippen LogP contribution is 2.30. The summed E-state index contributed by atoms with van der Waals surface area (Å²) in [5.74, 6) is 1.82. The molecule has 5 nitrogen and oxygen atoms in total. The Bertz CT molecular complexity index is 792. The molecule has 2 aromatic heterocycles. The number of aromatic nitrogens is 4. The molecule has 0 unspecified atom stereocenters. The Kier molecular flexibility index (Phi) is 3.33. The number of ether oxygens (including phenoxy) is 1. The van der Waals surface area contributed by atoms with E-state index in [9.17, 15) is 0 Å². The lowest BCUT2D eigenvalue weighted by Gasteiger charge is -2.12. The van der Waals surface area contributed by atoms with Gasteiger partial charge < -0.3 is 4.74 Å². The maximum absolute atomic E-state index is 6.02. The third kappa shape index (κ3) is 2.46. The van der Waals surface area contributed by atoms with E-state index in [1.807, 2.05) is 14.0 Å². The van der Waals surface area contributed by atoms with Crippen LogP contribution >= 0.6 is 0 Å². The number of rotatable bonds is 3. The zero-order valence-electron chi connectivity index (χ0n) is 12.7. The maximum Gasteiger partial charge on any atom is 0.233 e. The minimum absolute atomic E-state index is 0.455. The van der Waals surface area contributed by atoms with Crippen molar-refractivity contribution in [2.24, 2.45) is 7.05 Å².